The first-order valence-corrected chi connectivity index (χ1v) is 7.49. The Labute approximate surface area is 127 Å². The van der Waals surface area contributed by atoms with E-state index < -0.39 is 0 Å². The highest BCUT2D eigenvalue weighted by atomic mass is 15.0. The molecule has 0 amide bonds. The van der Waals surface area contributed by atoms with Crippen molar-refractivity contribution < 1.29 is 0 Å². The second kappa shape index (κ2) is 5.28. The first kappa shape index (κ1) is 13.0. The minimum absolute atomic E-state index is 0.418. The second-order valence-corrected chi connectivity index (χ2v) is 5.62. The molecule has 1 unspecified atom stereocenters. The molecule has 1 fully saturated rings. The zero-order chi connectivity index (χ0) is 14.9. The van der Waals surface area contributed by atoms with Gasteiger partial charge in [0.15, 0.2) is 0 Å². The van der Waals surface area contributed by atoms with E-state index in [2.05, 4.69) is 31.7 Å². The van der Waals surface area contributed by atoms with Gasteiger partial charge in [0.05, 0.1) is 11.7 Å². The number of H-pyrrole nitrogens is 1. The van der Waals surface area contributed by atoms with Crippen molar-refractivity contribution in [1.82, 2.24) is 20.3 Å². The van der Waals surface area contributed by atoms with E-state index in [1.165, 1.54) is 6.42 Å². The smallest absolute Gasteiger partial charge is 0.141 e. The van der Waals surface area contributed by atoms with Gasteiger partial charge in [-0.15, -0.1) is 0 Å². The third-order valence-electron chi connectivity index (χ3n) is 4.15. The molecule has 0 aromatic carbocycles. The van der Waals surface area contributed by atoms with Crippen molar-refractivity contribution in [2.45, 2.75) is 18.9 Å². The van der Waals surface area contributed by atoms with Crippen molar-refractivity contribution in [1.29, 1.82) is 5.26 Å². The molecule has 4 rings (SSSR count). The van der Waals surface area contributed by atoms with Crippen molar-refractivity contribution in [3.8, 4) is 6.07 Å². The molecule has 1 atom stereocenters. The van der Waals surface area contributed by atoms with Crippen molar-refractivity contribution in [2.75, 3.05) is 18.4 Å². The Morgan fingerprint density at radius 3 is 3.14 bits per heavy atom. The van der Waals surface area contributed by atoms with Gasteiger partial charge in [-0.3, -0.25) is 0 Å². The van der Waals surface area contributed by atoms with Crippen LogP contribution in [0.15, 0.2) is 24.5 Å². The molecule has 6 nitrogen and oxygen atoms in total. The second-order valence-electron chi connectivity index (χ2n) is 5.62. The van der Waals surface area contributed by atoms with Gasteiger partial charge in [-0.1, -0.05) is 0 Å². The number of anilines is 1. The summed E-state index contributed by atoms with van der Waals surface area (Å²) in [5, 5.41) is 18.1. The van der Waals surface area contributed by atoms with Gasteiger partial charge in [-0.05, 0) is 31.5 Å². The average Bonchev–Trinajstić information content (AvgIpc) is 2.94. The molecule has 1 aliphatic rings. The molecular weight excluding hydrogens is 276 g/mol. The van der Waals surface area contributed by atoms with Gasteiger partial charge in [0, 0.05) is 35.2 Å². The van der Waals surface area contributed by atoms with Crippen molar-refractivity contribution in [3.63, 3.8) is 0 Å². The summed E-state index contributed by atoms with van der Waals surface area (Å²) in [5.41, 5.74) is 3.20. The molecule has 0 aliphatic carbocycles. The number of hydrogen-bond acceptors (Lipinski definition) is 5. The van der Waals surface area contributed by atoms with Crippen LogP contribution in [0.5, 0.6) is 0 Å². The molecule has 3 N–H and O–H groups in total. The van der Waals surface area contributed by atoms with Crippen LogP contribution in [0.1, 0.15) is 18.5 Å². The predicted octanol–water partition coefficient (Wildman–Crippen LogP) is 2.15. The molecule has 6 heteroatoms. The van der Waals surface area contributed by atoms with Gasteiger partial charge < -0.3 is 15.6 Å². The molecular formula is C16H16N6. The summed E-state index contributed by atoms with van der Waals surface area (Å²) >= 11 is 0. The quantitative estimate of drug-likeness (QED) is 0.673. The van der Waals surface area contributed by atoms with Crippen molar-refractivity contribution in [3.05, 3.63) is 30.2 Å². The molecule has 4 heterocycles. The first-order chi connectivity index (χ1) is 10.8. The highest BCUT2D eigenvalue weighted by molar-refractivity contribution is 6.12. The largest absolute Gasteiger partial charge is 0.380 e. The SMILES string of the molecule is N#Cc1cc2c(cn1)[nH]c1nccc(NC3CCCNC3)c12. The zero-order valence-electron chi connectivity index (χ0n) is 12.1. The fraction of sp³-hybridized carbons (Fsp3) is 0.312. The molecule has 0 bridgehead atoms. The third-order valence-corrected chi connectivity index (χ3v) is 4.15. The van der Waals surface area contributed by atoms with E-state index in [1.54, 1.807) is 12.4 Å². The number of aromatic nitrogens is 3. The van der Waals surface area contributed by atoms with E-state index >= 15 is 0 Å². The summed E-state index contributed by atoms with van der Waals surface area (Å²) in [6.45, 7) is 2.06. The Bertz CT molecular complexity index is 869. The summed E-state index contributed by atoms with van der Waals surface area (Å²) in [4.78, 5) is 11.8. The summed E-state index contributed by atoms with van der Waals surface area (Å²) < 4.78 is 0. The number of nitriles is 1. The number of fused-ring (bicyclic) bond motifs is 3. The lowest BCUT2D eigenvalue weighted by Gasteiger charge is -2.25. The van der Waals surface area contributed by atoms with Crippen molar-refractivity contribution >= 4 is 27.6 Å². The van der Waals surface area contributed by atoms with Crippen LogP contribution in [-0.4, -0.2) is 34.1 Å². The van der Waals surface area contributed by atoms with Crippen LogP contribution < -0.4 is 10.6 Å². The Hall–Kier alpha value is -2.65. The molecule has 110 valence electrons. The van der Waals surface area contributed by atoms with E-state index in [9.17, 15) is 0 Å². The van der Waals surface area contributed by atoms with Crippen LogP contribution in [0.2, 0.25) is 0 Å². The standard InChI is InChI=1S/C16H16N6/c17-7-11-6-12-14(9-20-11)22-16-15(12)13(3-5-19-16)21-10-2-1-4-18-8-10/h3,5-6,9-10,18H,1-2,4,8H2,(H2,19,21,22). The number of rotatable bonds is 2. The maximum Gasteiger partial charge on any atom is 0.141 e. The number of nitrogens with zero attached hydrogens (tertiary/aromatic N) is 3. The highest BCUT2D eigenvalue weighted by Gasteiger charge is 2.16. The van der Waals surface area contributed by atoms with Crippen LogP contribution >= 0.6 is 0 Å². The highest BCUT2D eigenvalue weighted by Crippen LogP contribution is 2.31. The number of nitrogens with one attached hydrogen (secondary N) is 3. The van der Waals surface area contributed by atoms with Gasteiger partial charge >= 0.3 is 0 Å². The topological polar surface area (TPSA) is 89.4 Å². The lowest BCUT2D eigenvalue weighted by atomic mass is 10.1. The summed E-state index contributed by atoms with van der Waals surface area (Å²) in [5.74, 6) is 0. The first-order valence-electron chi connectivity index (χ1n) is 7.49. The fourth-order valence-corrected chi connectivity index (χ4v) is 3.09. The Morgan fingerprint density at radius 1 is 1.36 bits per heavy atom. The molecule has 0 spiro atoms. The molecule has 0 radical (unpaired) electrons. The van der Waals surface area contributed by atoms with E-state index in [1.807, 2.05) is 12.1 Å². The number of hydrogen-bond donors (Lipinski definition) is 3. The van der Waals surface area contributed by atoms with E-state index in [0.29, 0.717) is 11.7 Å². The minimum Gasteiger partial charge on any atom is -0.380 e. The molecule has 0 saturated carbocycles. The monoisotopic (exact) mass is 292 g/mol. The zero-order valence-corrected chi connectivity index (χ0v) is 12.1. The Balaban J connectivity index is 1.85. The lowest BCUT2D eigenvalue weighted by Crippen LogP contribution is -2.38. The predicted molar refractivity (Wildman–Crippen MR) is 85.6 cm³/mol. The summed E-state index contributed by atoms with van der Waals surface area (Å²) in [7, 11) is 0. The number of pyridine rings is 2. The fourth-order valence-electron chi connectivity index (χ4n) is 3.09. The maximum absolute atomic E-state index is 9.07. The molecule has 1 saturated heterocycles. The number of aromatic amines is 1. The van der Waals surface area contributed by atoms with Gasteiger partial charge in [-0.25, -0.2) is 9.97 Å². The van der Waals surface area contributed by atoms with Crippen LogP contribution in [0.25, 0.3) is 21.9 Å². The molecule has 22 heavy (non-hydrogen) atoms. The molecule has 3 aromatic heterocycles. The normalized spacial score (nSPS) is 18.4. The number of piperidine rings is 1. The van der Waals surface area contributed by atoms with Crippen LogP contribution in [0.3, 0.4) is 0 Å². The summed E-state index contributed by atoms with van der Waals surface area (Å²) in [6, 6.07) is 6.33. The van der Waals surface area contributed by atoms with Crippen molar-refractivity contribution in [2.24, 2.45) is 0 Å². The average molecular weight is 292 g/mol. The van der Waals surface area contributed by atoms with E-state index in [0.717, 1.165) is 47.1 Å². The Morgan fingerprint density at radius 2 is 2.32 bits per heavy atom. The lowest BCUT2D eigenvalue weighted by molar-refractivity contribution is 0.480. The van der Waals surface area contributed by atoms with Gasteiger partial charge in [0.1, 0.15) is 17.4 Å². The third kappa shape index (κ3) is 2.16. The summed E-state index contributed by atoms with van der Waals surface area (Å²) in [6.07, 6.45) is 5.84. The molecule has 3 aromatic rings. The molecule has 1 aliphatic heterocycles. The van der Waals surface area contributed by atoms with Gasteiger partial charge in [0.25, 0.3) is 0 Å². The maximum atomic E-state index is 9.07. The van der Waals surface area contributed by atoms with Crippen LogP contribution in [0.4, 0.5) is 5.69 Å². The minimum atomic E-state index is 0.418. The van der Waals surface area contributed by atoms with Crippen LogP contribution in [-0.2, 0) is 0 Å². The van der Waals surface area contributed by atoms with Crippen LogP contribution in [0, 0.1) is 11.3 Å². The van der Waals surface area contributed by atoms with Gasteiger partial charge in [0.2, 0.25) is 0 Å². The van der Waals surface area contributed by atoms with E-state index in [4.69, 9.17) is 5.26 Å². The van der Waals surface area contributed by atoms with E-state index in [-0.39, 0.29) is 0 Å². The van der Waals surface area contributed by atoms with Gasteiger partial charge in [-0.2, -0.15) is 5.26 Å². The Kier molecular flexibility index (Phi) is 3.13.